The van der Waals surface area contributed by atoms with E-state index in [0.717, 1.165) is 0 Å². The van der Waals surface area contributed by atoms with Crippen LogP contribution in [0.15, 0.2) is 170 Å². The standard InChI is InChI=1S/C42H28INO/c43-35-26-36(28-38(27-35)45-37-20-16-32(17-21-37)29-10-4-1-5-11-29)44-41-22-18-33(30-12-6-2-7-13-30)24-39(41)40-25-34(19-23-42(40)44)31-14-8-3-9-15-31/h1-28H/i16D,17D,18D,19D,20D,21D,22D,23D,24D,25D. The largest absolute Gasteiger partial charge is 0.457 e. The summed E-state index contributed by atoms with van der Waals surface area (Å²) in [4.78, 5) is 0. The molecule has 0 saturated carbocycles. The van der Waals surface area contributed by atoms with E-state index in [1.807, 2.05) is 12.1 Å². The summed E-state index contributed by atoms with van der Waals surface area (Å²) in [6, 6.07) is 29.0. The van der Waals surface area contributed by atoms with Crippen molar-refractivity contribution < 1.29 is 18.4 Å². The Balaban J connectivity index is 1.42. The Hall–Kier alpha value is -5.13. The molecule has 0 fully saturated rings. The number of aromatic nitrogens is 1. The molecule has 1 aromatic heterocycles. The van der Waals surface area contributed by atoms with Gasteiger partial charge in [-0.2, -0.15) is 0 Å². The molecule has 1 heterocycles. The number of hydrogen-bond donors (Lipinski definition) is 0. The first-order valence-corrected chi connectivity index (χ1v) is 15.3. The van der Waals surface area contributed by atoms with Crippen LogP contribution in [0.25, 0.3) is 60.9 Å². The van der Waals surface area contributed by atoms with E-state index in [1.54, 1.807) is 97.1 Å². The molecule has 0 N–H and O–H groups in total. The molecule has 45 heavy (non-hydrogen) atoms. The van der Waals surface area contributed by atoms with Crippen molar-refractivity contribution in [2.75, 3.05) is 0 Å². The third kappa shape index (κ3) is 5.41. The van der Waals surface area contributed by atoms with Gasteiger partial charge in [-0.05, 0) is 104 Å². The number of ether oxygens (including phenoxy) is 1. The van der Waals surface area contributed by atoms with Crippen molar-refractivity contribution in [3.05, 3.63) is 173 Å². The van der Waals surface area contributed by atoms with Crippen LogP contribution < -0.4 is 4.74 Å². The fourth-order valence-electron chi connectivity index (χ4n) is 5.32. The Labute approximate surface area is 290 Å². The summed E-state index contributed by atoms with van der Waals surface area (Å²) in [6.07, 6.45) is 0. The predicted molar refractivity (Wildman–Crippen MR) is 196 cm³/mol. The van der Waals surface area contributed by atoms with Gasteiger partial charge < -0.3 is 9.30 Å². The van der Waals surface area contributed by atoms with Gasteiger partial charge in [0, 0.05) is 20.4 Å². The zero-order valence-electron chi connectivity index (χ0n) is 33.6. The molecular weight excluding hydrogens is 661 g/mol. The van der Waals surface area contributed by atoms with Crippen molar-refractivity contribution in [3.8, 4) is 50.6 Å². The van der Waals surface area contributed by atoms with Crippen LogP contribution in [0.1, 0.15) is 13.7 Å². The minimum Gasteiger partial charge on any atom is -0.457 e. The predicted octanol–water partition coefficient (Wildman–Crippen LogP) is 12.2. The first-order valence-electron chi connectivity index (χ1n) is 19.2. The number of hydrogen-bond acceptors (Lipinski definition) is 1. The molecule has 0 atom stereocenters. The third-order valence-electron chi connectivity index (χ3n) is 7.41. The Morgan fingerprint density at radius 3 is 1.44 bits per heavy atom. The van der Waals surface area contributed by atoms with E-state index >= 15 is 0 Å². The minimum atomic E-state index is -0.378. The lowest BCUT2D eigenvalue weighted by Gasteiger charge is -2.13. The number of benzene rings is 7. The van der Waals surface area contributed by atoms with E-state index in [9.17, 15) is 5.48 Å². The van der Waals surface area contributed by atoms with Crippen LogP contribution in [-0.2, 0) is 0 Å². The molecule has 0 aliphatic rings. The monoisotopic (exact) mass is 699 g/mol. The first kappa shape index (κ1) is 18.6. The fourth-order valence-corrected chi connectivity index (χ4v) is 5.95. The lowest BCUT2D eigenvalue weighted by Crippen LogP contribution is -1.96. The lowest BCUT2D eigenvalue weighted by molar-refractivity contribution is 0.482. The number of rotatable bonds is 6. The summed E-state index contributed by atoms with van der Waals surface area (Å²) in [6.45, 7) is 0. The highest BCUT2D eigenvalue weighted by molar-refractivity contribution is 14.1. The maximum atomic E-state index is 9.56. The van der Waals surface area contributed by atoms with E-state index in [4.69, 9.17) is 13.0 Å². The molecule has 214 valence electrons. The van der Waals surface area contributed by atoms with E-state index < -0.39 is 0 Å². The van der Waals surface area contributed by atoms with Crippen molar-refractivity contribution in [3.63, 3.8) is 0 Å². The second-order valence-electron chi connectivity index (χ2n) is 10.3. The van der Waals surface area contributed by atoms with Gasteiger partial charge in [-0.1, -0.05) is 115 Å². The molecule has 0 spiro atoms. The molecule has 3 heteroatoms. The van der Waals surface area contributed by atoms with Crippen LogP contribution in [0.2, 0.25) is 0 Å². The third-order valence-corrected chi connectivity index (χ3v) is 8.03. The van der Waals surface area contributed by atoms with Gasteiger partial charge in [-0.15, -0.1) is 0 Å². The Kier molecular flexibility index (Phi) is 4.86. The van der Waals surface area contributed by atoms with Gasteiger partial charge in [0.2, 0.25) is 0 Å². The van der Waals surface area contributed by atoms with Gasteiger partial charge in [0.25, 0.3) is 0 Å². The van der Waals surface area contributed by atoms with Crippen molar-refractivity contribution in [1.29, 1.82) is 0 Å². The van der Waals surface area contributed by atoms with Crippen molar-refractivity contribution >= 4 is 44.4 Å². The summed E-state index contributed by atoms with van der Waals surface area (Å²) in [5.41, 5.74) is 2.69. The molecule has 0 bridgehead atoms. The zero-order chi connectivity index (χ0) is 38.9. The quantitative estimate of drug-likeness (QED) is 0.158. The molecule has 2 nitrogen and oxygen atoms in total. The zero-order valence-corrected chi connectivity index (χ0v) is 25.8. The van der Waals surface area contributed by atoms with E-state index in [1.165, 1.54) is 4.57 Å². The van der Waals surface area contributed by atoms with E-state index in [2.05, 4.69) is 22.6 Å². The van der Waals surface area contributed by atoms with Gasteiger partial charge in [0.1, 0.15) is 11.5 Å². The molecule has 8 aromatic rings. The normalized spacial score (nSPS) is 14.3. The Morgan fingerprint density at radius 1 is 0.467 bits per heavy atom. The number of nitrogens with zero attached hydrogens (tertiary/aromatic N) is 1. The summed E-state index contributed by atoms with van der Waals surface area (Å²) in [5.74, 6) is -0.171. The molecule has 0 aliphatic carbocycles. The highest BCUT2D eigenvalue weighted by atomic mass is 127. The second kappa shape index (κ2) is 11.8. The summed E-state index contributed by atoms with van der Waals surface area (Å²) in [7, 11) is 0. The van der Waals surface area contributed by atoms with Crippen LogP contribution in [0.3, 0.4) is 0 Å². The highest BCUT2D eigenvalue weighted by Crippen LogP contribution is 2.38. The molecular formula is C42H28INO. The maximum Gasteiger partial charge on any atom is 0.130 e. The lowest BCUT2D eigenvalue weighted by atomic mass is 10.0. The van der Waals surface area contributed by atoms with Crippen LogP contribution in [0.4, 0.5) is 0 Å². The van der Waals surface area contributed by atoms with Gasteiger partial charge in [0.15, 0.2) is 0 Å². The average Bonchev–Trinajstić information content (AvgIpc) is 3.56. The van der Waals surface area contributed by atoms with Gasteiger partial charge in [-0.25, -0.2) is 0 Å². The molecule has 0 radical (unpaired) electrons. The highest BCUT2D eigenvalue weighted by Gasteiger charge is 2.16. The molecule has 0 unspecified atom stereocenters. The number of halogens is 1. The molecule has 7 aromatic carbocycles. The molecule has 0 amide bonds. The van der Waals surface area contributed by atoms with Gasteiger partial charge in [0.05, 0.1) is 30.4 Å². The molecule has 0 aliphatic heterocycles. The topological polar surface area (TPSA) is 14.2 Å². The minimum absolute atomic E-state index is 0.0974. The smallest absolute Gasteiger partial charge is 0.130 e. The number of fused-ring (bicyclic) bond motifs is 3. The fraction of sp³-hybridized carbons (Fsp3) is 0. The van der Waals surface area contributed by atoms with Crippen LogP contribution in [-0.4, -0.2) is 4.57 Å². The maximum absolute atomic E-state index is 9.56. The van der Waals surface area contributed by atoms with Crippen molar-refractivity contribution in [2.24, 2.45) is 0 Å². The first-order chi connectivity index (χ1) is 26.4. The van der Waals surface area contributed by atoms with Gasteiger partial charge >= 0.3 is 0 Å². The Morgan fingerprint density at radius 2 is 0.933 bits per heavy atom. The second-order valence-corrected chi connectivity index (χ2v) is 11.6. The van der Waals surface area contributed by atoms with Crippen LogP contribution in [0, 0.1) is 3.57 Å². The summed E-state index contributed by atoms with van der Waals surface area (Å²) in [5, 5.41) is 0.367. The van der Waals surface area contributed by atoms with Gasteiger partial charge in [-0.3, -0.25) is 0 Å². The van der Waals surface area contributed by atoms with Crippen LogP contribution >= 0.6 is 22.6 Å². The van der Waals surface area contributed by atoms with Crippen molar-refractivity contribution in [2.45, 2.75) is 0 Å². The Bertz CT molecular complexity index is 2700. The van der Waals surface area contributed by atoms with Crippen molar-refractivity contribution in [1.82, 2.24) is 4.57 Å². The molecule has 0 saturated heterocycles. The van der Waals surface area contributed by atoms with E-state index in [0.29, 0.717) is 25.9 Å². The molecule has 8 rings (SSSR count). The van der Waals surface area contributed by atoms with Crippen LogP contribution in [0.5, 0.6) is 11.5 Å². The summed E-state index contributed by atoms with van der Waals surface area (Å²) >= 11 is 2.06. The SMILES string of the molecule is [2H]c1c([2H])c(-c2ccccc2)c([2H])c([2H])c1Oc1cc(I)cc(-n2c3c([2H])c([2H])c(-c4ccccc4)c([2H])c3c3c([2H])c(-c4ccccc4)c([2H])c([2H])c32)c1. The average molecular weight is 700 g/mol. The summed E-state index contributed by atoms with van der Waals surface area (Å²) < 4.78 is 99.7. The van der Waals surface area contributed by atoms with E-state index in [-0.39, 0.29) is 110 Å².